The molecule has 0 aromatic carbocycles. The molecule has 0 radical (unpaired) electrons. The van der Waals surface area contributed by atoms with Crippen molar-refractivity contribution in [3.8, 4) is 5.75 Å². The van der Waals surface area contributed by atoms with Crippen molar-refractivity contribution in [2.75, 3.05) is 24.7 Å². The van der Waals surface area contributed by atoms with Crippen molar-refractivity contribution in [2.24, 2.45) is 0 Å². The Labute approximate surface area is 206 Å². The number of unbranched alkanes of at least 4 members (excludes halogenated alkanes) is 1. The molecule has 2 amide bonds. The molecule has 1 aliphatic heterocycles. The fourth-order valence-electron chi connectivity index (χ4n) is 3.88. The predicted molar refractivity (Wildman–Crippen MR) is 133 cm³/mol. The van der Waals surface area contributed by atoms with E-state index in [0.29, 0.717) is 39.6 Å². The number of thioether (sulfide) groups is 1. The third-order valence-electron chi connectivity index (χ3n) is 5.64. The van der Waals surface area contributed by atoms with Crippen LogP contribution in [0.15, 0.2) is 16.8 Å². The van der Waals surface area contributed by atoms with Gasteiger partial charge in [0.25, 0.3) is 0 Å². The summed E-state index contributed by atoms with van der Waals surface area (Å²) in [6.07, 6.45) is 4.11. The molecule has 3 aromatic rings. The van der Waals surface area contributed by atoms with Gasteiger partial charge in [-0.15, -0.1) is 11.8 Å². The maximum absolute atomic E-state index is 12.8. The number of hydrogen-bond donors (Lipinski definition) is 3. The molecule has 11 nitrogen and oxygen atoms in total. The number of ether oxygens (including phenoxy) is 1. The minimum absolute atomic E-state index is 0.0535. The van der Waals surface area contributed by atoms with Crippen LogP contribution in [0.2, 0.25) is 0 Å². The molecule has 12 heteroatoms. The number of amides is 2. The Morgan fingerprint density at radius 2 is 2.09 bits per heavy atom. The molecule has 3 N–H and O–H groups in total. The molecule has 0 saturated heterocycles. The zero-order valence-electron chi connectivity index (χ0n) is 20.0. The van der Waals surface area contributed by atoms with E-state index < -0.39 is 6.09 Å². The molecule has 3 aromatic heterocycles. The van der Waals surface area contributed by atoms with E-state index in [0.717, 1.165) is 35.4 Å². The Bertz CT molecular complexity index is 1340. The van der Waals surface area contributed by atoms with Crippen molar-refractivity contribution in [3.05, 3.63) is 34.3 Å². The van der Waals surface area contributed by atoms with Crippen LogP contribution in [-0.4, -0.2) is 61.2 Å². The van der Waals surface area contributed by atoms with E-state index in [4.69, 9.17) is 9.84 Å². The first-order chi connectivity index (χ1) is 16.8. The third-order valence-corrected chi connectivity index (χ3v) is 6.66. The number of rotatable bonds is 8. The first-order valence-electron chi connectivity index (χ1n) is 11.2. The molecule has 35 heavy (non-hydrogen) atoms. The maximum atomic E-state index is 12.8. The van der Waals surface area contributed by atoms with Gasteiger partial charge in [-0.1, -0.05) is 13.3 Å². The van der Waals surface area contributed by atoms with Gasteiger partial charge in [-0.05, 0) is 26.3 Å². The number of nitrogens with zero attached hydrogens (tertiary/aromatic N) is 5. The molecule has 0 atom stereocenters. The number of carbonyl (C=O) groups is 2. The molecule has 0 saturated carbocycles. The molecule has 184 valence electrons. The minimum atomic E-state index is -1.27. The Morgan fingerprint density at radius 1 is 1.29 bits per heavy atom. The number of aromatic nitrogens is 5. The highest BCUT2D eigenvalue weighted by atomic mass is 32.2. The van der Waals surface area contributed by atoms with Gasteiger partial charge in [-0.3, -0.25) is 15.1 Å². The second-order valence-electron chi connectivity index (χ2n) is 8.14. The molecule has 0 aliphatic carbocycles. The Kier molecular flexibility index (Phi) is 7.20. The standard InChI is InChI=1S/C23H27N7O4S/c1-5-6-7-24-20(31)14-8-15-17-19(26-22(28-23(32)33)27-21(17)35-11-14)30(29-15)10-16-13(3)18(34-4)12(2)9-25-16/h8-9H,5-7,10-11H2,1-4H3,(H,24,31)(H,32,33)(H,26,27,28). The summed E-state index contributed by atoms with van der Waals surface area (Å²) in [5.74, 6) is 0.919. The van der Waals surface area contributed by atoms with Crippen LogP contribution in [0, 0.1) is 13.8 Å². The predicted octanol–water partition coefficient (Wildman–Crippen LogP) is 3.39. The van der Waals surface area contributed by atoms with Gasteiger partial charge in [-0.2, -0.15) is 10.1 Å². The van der Waals surface area contributed by atoms with E-state index >= 15 is 0 Å². The van der Waals surface area contributed by atoms with Crippen LogP contribution in [-0.2, 0) is 11.3 Å². The summed E-state index contributed by atoms with van der Waals surface area (Å²) >= 11 is 1.35. The van der Waals surface area contributed by atoms with Crippen molar-refractivity contribution >= 4 is 46.8 Å². The van der Waals surface area contributed by atoms with E-state index in [1.54, 1.807) is 24.1 Å². The number of aryl methyl sites for hydroxylation is 1. The highest BCUT2D eigenvalue weighted by Gasteiger charge is 2.25. The van der Waals surface area contributed by atoms with Crippen LogP contribution in [0.5, 0.6) is 5.75 Å². The van der Waals surface area contributed by atoms with E-state index in [9.17, 15) is 14.7 Å². The van der Waals surface area contributed by atoms with E-state index in [2.05, 4.69) is 32.5 Å². The number of methoxy groups -OCH3 is 1. The SMILES string of the molecule is CCCCNC(=O)C1=Cc2nn(Cc3ncc(C)c(OC)c3C)c3nc(NC(=O)O)nc(c23)SC1. The van der Waals surface area contributed by atoms with Crippen LogP contribution >= 0.6 is 11.8 Å². The number of anilines is 1. The second-order valence-corrected chi connectivity index (χ2v) is 9.10. The summed E-state index contributed by atoms with van der Waals surface area (Å²) in [5, 5.41) is 20.3. The highest BCUT2D eigenvalue weighted by Crippen LogP contribution is 2.35. The average Bonchev–Trinajstić information content (AvgIpc) is 3.03. The number of carboxylic acid groups (broad SMARTS) is 1. The van der Waals surface area contributed by atoms with E-state index in [1.807, 2.05) is 13.8 Å². The van der Waals surface area contributed by atoms with Crippen molar-refractivity contribution in [2.45, 2.75) is 45.2 Å². The van der Waals surface area contributed by atoms with Crippen LogP contribution in [0.1, 0.15) is 42.3 Å². The second kappa shape index (κ2) is 10.3. The van der Waals surface area contributed by atoms with Gasteiger partial charge >= 0.3 is 6.09 Å². The van der Waals surface area contributed by atoms with Crippen LogP contribution in [0.3, 0.4) is 0 Å². The number of carbonyl (C=O) groups excluding carboxylic acids is 1. The number of pyridine rings is 1. The number of nitrogens with one attached hydrogen (secondary N) is 2. The van der Waals surface area contributed by atoms with Gasteiger partial charge in [0.2, 0.25) is 11.9 Å². The lowest BCUT2D eigenvalue weighted by Crippen LogP contribution is -2.26. The Balaban J connectivity index is 1.80. The Hall–Kier alpha value is -3.67. The molecular weight excluding hydrogens is 470 g/mol. The average molecular weight is 498 g/mol. The summed E-state index contributed by atoms with van der Waals surface area (Å²) in [7, 11) is 1.62. The van der Waals surface area contributed by atoms with Crippen molar-refractivity contribution in [1.82, 2.24) is 30.0 Å². The van der Waals surface area contributed by atoms with Gasteiger partial charge < -0.3 is 15.2 Å². The quantitative estimate of drug-likeness (QED) is 0.315. The molecule has 1 aliphatic rings. The van der Waals surface area contributed by atoms with Crippen molar-refractivity contribution < 1.29 is 19.4 Å². The summed E-state index contributed by atoms with van der Waals surface area (Å²) in [5.41, 5.74) is 4.11. The lowest BCUT2D eigenvalue weighted by atomic mass is 10.1. The van der Waals surface area contributed by atoms with E-state index in [-0.39, 0.29) is 18.4 Å². The minimum Gasteiger partial charge on any atom is -0.496 e. The third kappa shape index (κ3) is 5.06. The maximum Gasteiger partial charge on any atom is 0.411 e. The van der Waals surface area contributed by atoms with Gasteiger partial charge in [-0.25, -0.2) is 14.5 Å². The smallest absolute Gasteiger partial charge is 0.411 e. The zero-order chi connectivity index (χ0) is 25.1. The topological polar surface area (TPSA) is 144 Å². The summed E-state index contributed by atoms with van der Waals surface area (Å²) in [6, 6.07) is 0. The van der Waals surface area contributed by atoms with Crippen LogP contribution < -0.4 is 15.4 Å². The zero-order valence-corrected chi connectivity index (χ0v) is 20.8. The van der Waals surface area contributed by atoms with E-state index in [1.165, 1.54) is 11.8 Å². The first-order valence-corrected chi connectivity index (χ1v) is 12.2. The van der Waals surface area contributed by atoms with Gasteiger partial charge in [0, 0.05) is 35.2 Å². The lowest BCUT2D eigenvalue weighted by Gasteiger charge is -2.13. The molecule has 4 rings (SSSR count). The number of hydrogen-bond acceptors (Lipinski definition) is 8. The molecule has 0 unspecified atom stereocenters. The fraction of sp³-hybridized carbons (Fsp3) is 0.391. The molecule has 4 heterocycles. The van der Waals surface area contributed by atoms with Crippen LogP contribution in [0.25, 0.3) is 17.1 Å². The Morgan fingerprint density at radius 3 is 2.80 bits per heavy atom. The monoisotopic (exact) mass is 497 g/mol. The van der Waals surface area contributed by atoms with Gasteiger partial charge in [0.05, 0.1) is 30.4 Å². The molecule has 0 bridgehead atoms. The van der Waals surface area contributed by atoms with Gasteiger partial charge in [0.1, 0.15) is 10.8 Å². The molecule has 0 spiro atoms. The first kappa shape index (κ1) is 24.5. The van der Waals surface area contributed by atoms with Gasteiger partial charge in [0.15, 0.2) is 5.65 Å². The molecular formula is C23H27N7O4S. The largest absolute Gasteiger partial charge is 0.496 e. The van der Waals surface area contributed by atoms with Crippen molar-refractivity contribution in [3.63, 3.8) is 0 Å². The summed E-state index contributed by atoms with van der Waals surface area (Å²) in [4.78, 5) is 37.4. The fourth-order valence-corrected chi connectivity index (χ4v) is 4.88. The van der Waals surface area contributed by atoms with Crippen molar-refractivity contribution in [1.29, 1.82) is 0 Å². The summed E-state index contributed by atoms with van der Waals surface area (Å²) < 4.78 is 7.18. The lowest BCUT2D eigenvalue weighted by molar-refractivity contribution is -0.117. The van der Waals surface area contributed by atoms with Crippen LogP contribution in [0.4, 0.5) is 10.7 Å². The summed E-state index contributed by atoms with van der Waals surface area (Å²) in [6.45, 7) is 6.79. The normalized spacial score (nSPS) is 12.7. The highest BCUT2D eigenvalue weighted by molar-refractivity contribution is 7.99. The molecule has 0 fully saturated rings.